The van der Waals surface area contributed by atoms with E-state index in [9.17, 15) is 13.2 Å². The van der Waals surface area contributed by atoms with Gasteiger partial charge in [-0.2, -0.15) is 0 Å². The van der Waals surface area contributed by atoms with Gasteiger partial charge in [0.2, 0.25) is 15.9 Å². The molecule has 31 heavy (non-hydrogen) atoms. The maximum atomic E-state index is 12.5. The van der Waals surface area contributed by atoms with Gasteiger partial charge in [-0.05, 0) is 54.3 Å². The Morgan fingerprint density at radius 1 is 1.00 bits per heavy atom. The Morgan fingerprint density at radius 3 is 2.35 bits per heavy atom. The number of ether oxygens (including phenoxy) is 1. The van der Waals surface area contributed by atoms with Crippen LogP contribution in [0.4, 0.5) is 11.4 Å². The first-order valence-corrected chi connectivity index (χ1v) is 12.6. The number of amides is 1. The molecule has 0 aliphatic rings. The molecule has 0 radical (unpaired) electrons. The maximum Gasteiger partial charge on any atom is 0.245 e. The van der Waals surface area contributed by atoms with Crippen LogP contribution in [0.15, 0.2) is 83.8 Å². The quantitative estimate of drug-likeness (QED) is 0.483. The lowest BCUT2D eigenvalue weighted by Crippen LogP contribution is -2.37. The second-order valence-electron chi connectivity index (χ2n) is 6.82. The zero-order chi connectivity index (χ0) is 22.3. The van der Waals surface area contributed by atoms with Gasteiger partial charge in [0.15, 0.2) is 0 Å². The predicted molar refractivity (Wildman–Crippen MR) is 126 cm³/mol. The molecule has 0 saturated carbocycles. The summed E-state index contributed by atoms with van der Waals surface area (Å²) in [5.74, 6) is 0.187. The predicted octanol–water partition coefficient (Wildman–Crippen LogP) is 4.39. The number of carbonyl (C=O) groups excluding carboxylic acids is 1. The minimum absolute atomic E-state index is 0.327. The molecule has 1 amide bonds. The first-order chi connectivity index (χ1) is 14.8. The number of anilines is 2. The number of carbonyl (C=O) groups is 1. The molecule has 162 valence electrons. The molecule has 1 N–H and O–H groups in total. The summed E-state index contributed by atoms with van der Waals surface area (Å²) >= 11 is 1.56. The van der Waals surface area contributed by atoms with Crippen LogP contribution in [-0.2, 0) is 21.4 Å². The van der Waals surface area contributed by atoms with Gasteiger partial charge in [-0.3, -0.25) is 9.10 Å². The molecule has 0 aliphatic carbocycles. The zero-order valence-electron chi connectivity index (χ0n) is 17.3. The van der Waals surface area contributed by atoms with Crippen molar-refractivity contribution >= 4 is 39.1 Å². The highest BCUT2D eigenvalue weighted by atomic mass is 32.2. The molecule has 0 bridgehead atoms. The minimum Gasteiger partial charge on any atom is -0.489 e. The van der Waals surface area contributed by atoms with E-state index in [1.807, 2.05) is 54.8 Å². The third kappa shape index (κ3) is 6.77. The SMILES string of the molecule is CSc1cccc(NC(=O)CN(c2ccc(OCc3ccccc3)cc2)S(C)(=O)=O)c1. The van der Waals surface area contributed by atoms with E-state index in [-0.39, 0.29) is 6.54 Å². The molecule has 0 spiro atoms. The van der Waals surface area contributed by atoms with Crippen LogP contribution in [0.1, 0.15) is 5.56 Å². The highest BCUT2D eigenvalue weighted by molar-refractivity contribution is 7.98. The van der Waals surface area contributed by atoms with Crippen LogP contribution in [0.2, 0.25) is 0 Å². The Balaban J connectivity index is 1.68. The number of benzene rings is 3. The van der Waals surface area contributed by atoms with Gasteiger partial charge >= 0.3 is 0 Å². The standard InChI is InChI=1S/C23H24N2O4S2/c1-30-22-10-6-9-19(15-22)24-23(26)16-25(31(2,27)28)20-11-13-21(14-12-20)29-17-18-7-4-3-5-8-18/h3-15H,16-17H2,1-2H3,(H,24,26). The first kappa shape index (κ1) is 22.7. The highest BCUT2D eigenvalue weighted by Crippen LogP contribution is 2.23. The normalized spacial score (nSPS) is 11.0. The summed E-state index contributed by atoms with van der Waals surface area (Å²) in [6, 6.07) is 23.8. The lowest BCUT2D eigenvalue weighted by molar-refractivity contribution is -0.114. The smallest absolute Gasteiger partial charge is 0.245 e. The van der Waals surface area contributed by atoms with Crippen molar-refractivity contribution in [3.63, 3.8) is 0 Å². The fourth-order valence-corrected chi connectivity index (χ4v) is 4.20. The summed E-state index contributed by atoms with van der Waals surface area (Å²) in [6.07, 6.45) is 3.02. The summed E-state index contributed by atoms with van der Waals surface area (Å²) in [7, 11) is -3.66. The summed E-state index contributed by atoms with van der Waals surface area (Å²) in [5.41, 5.74) is 2.05. The number of hydrogen-bond acceptors (Lipinski definition) is 5. The summed E-state index contributed by atoms with van der Waals surface area (Å²) in [6.45, 7) is 0.0834. The molecule has 0 saturated heterocycles. The van der Waals surface area contributed by atoms with E-state index in [1.54, 1.807) is 42.1 Å². The Hall–Kier alpha value is -2.97. The van der Waals surface area contributed by atoms with Crippen molar-refractivity contribution in [2.45, 2.75) is 11.5 Å². The van der Waals surface area contributed by atoms with Crippen molar-refractivity contribution in [1.82, 2.24) is 0 Å². The highest BCUT2D eigenvalue weighted by Gasteiger charge is 2.21. The molecule has 6 nitrogen and oxygen atoms in total. The van der Waals surface area contributed by atoms with Gasteiger partial charge in [-0.25, -0.2) is 8.42 Å². The number of thioether (sulfide) groups is 1. The third-order valence-electron chi connectivity index (χ3n) is 4.41. The summed E-state index contributed by atoms with van der Waals surface area (Å²) in [4.78, 5) is 13.5. The van der Waals surface area contributed by atoms with Gasteiger partial charge in [-0.15, -0.1) is 11.8 Å². The van der Waals surface area contributed by atoms with Crippen LogP contribution in [0.5, 0.6) is 5.75 Å². The monoisotopic (exact) mass is 456 g/mol. The van der Waals surface area contributed by atoms with Crippen molar-refractivity contribution < 1.29 is 17.9 Å². The van der Waals surface area contributed by atoms with E-state index in [2.05, 4.69) is 5.32 Å². The topological polar surface area (TPSA) is 75.7 Å². The molecule has 8 heteroatoms. The maximum absolute atomic E-state index is 12.5. The molecular formula is C23H24N2O4S2. The number of nitrogens with zero attached hydrogens (tertiary/aromatic N) is 1. The molecule has 0 atom stereocenters. The van der Waals surface area contributed by atoms with Crippen molar-refractivity contribution in [2.75, 3.05) is 28.7 Å². The van der Waals surface area contributed by atoms with Crippen LogP contribution in [-0.4, -0.2) is 33.4 Å². The molecule has 0 aromatic heterocycles. The average molecular weight is 457 g/mol. The third-order valence-corrected chi connectivity index (χ3v) is 6.28. The molecule has 0 heterocycles. The van der Waals surface area contributed by atoms with Crippen LogP contribution >= 0.6 is 11.8 Å². The lowest BCUT2D eigenvalue weighted by atomic mass is 10.2. The summed E-state index contributed by atoms with van der Waals surface area (Å²) < 4.78 is 31.5. The molecule has 0 fully saturated rings. The van der Waals surface area contributed by atoms with Gasteiger partial charge in [0.1, 0.15) is 18.9 Å². The first-order valence-electron chi connectivity index (χ1n) is 9.53. The van der Waals surface area contributed by atoms with E-state index < -0.39 is 15.9 Å². The van der Waals surface area contributed by atoms with Crippen molar-refractivity contribution in [2.24, 2.45) is 0 Å². The van der Waals surface area contributed by atoms with Crippen molar-refractivity contribution in [3.8, 4) is 5.75 Å². The fourth-order valence-electron chi connectivity index (χ4n) is 2.88. The van der Waals surface area contributed by atoms with Gasteiger partial charge in [0.05, 0.1) is 11.9 Å². The molecule has 3 rings (SSSR count). The summed E-state index contributed by atoms with van der Waals surface area (Å²) in [5, 5.41) is 2.76. The van der Waals surface area contributed by atoms with E-state index in [0.717, 1.165) is 21.0 Å². The second-order valence-corrected chi connectivity index (χ2v) is 9.60. The van der Waals surface area contributed by atoms with E-state index in [4.69, 9.17) is 4.74 Å². The lowest BCUT2D eigenvalue weighted by Gasteiger charge is -2.22. The molecule has 3 aromatic rings. The van der Waals surface area contributed by atoms with Crippen LogP contribution in [0.25, 0.3) is 0 Å². The van der Waals surface area contributed by atoms with Crippen LogP contribution in [0.3, 0.4) is 0 Å². The molecule has 3 aromatic carbocycles. The Labute approximate surface area is 187 Å². The zero-order valence-corrected chi connectivity index (χ0v) is 18.9. The average Bonchev–Trinajstić information content (AvgIpc) is 2.76. The Bertz CT molecular complexity index is 1120. The Morgan fingerprint density at radius 2 is 1.71 bits per heavy atom. The number of nitrogens with one attached hydrogen (secondary N) is 1. The van der Waals surface area contributed by atoms with Gasteiger partial charge in [0, 0.05) is 10.6 Å². The fraction of sp³-hybridized carbons (Fsp3) is 0.174. The van der Waals surface area contributed by atoms with E-state index >= 15 is 0 Å². The minimum atomic E-state index is -3.66. The van der Waals surface area contributed by atoms with Crippen molar-refractivity contribution in [1.29, 1.82) is 0 Å². The Kier molecular flexibility index (Phi) is 7.59. The number of hydrogen-bond donors (Lipinski definition) is 1. The van der Waals surface area contributed by atoms with Crippen LogP contribution in [0, 0.1) is 0 Å². The van der Waals surface area contributed by atoms with Gasteiger partial charge in [-0.1, -0.05) is 36.4 Å². The molecular weight excluding hydrogens is 432 g/mol. The van der Waals surface area contributed by atoms with E-state index in [1.165, 1.54) is 0 Å². The van der Waals surface area contributed by atoms with Crippen LogP contribution < -0.4 is 14.4 Å². The molecule has 0 unspecified atom stereocenters. The number of rotatable bonds is 9. The largest absolute Gasteiger partial charge is 0.489 e. The van der Waals surface area contributed by atoms with Gasteiger partial charge in [0.25, 0.3) is 0 Å². The second kappa shape index (κ2) is 10.4. The number of sulfonamides is 1. The van der Waals surface area contributed by atoms with Gasteiger partial charge < -0.3 is 10.1 Å². The molecule has 0 aliphatic heterocycles. The van der Waals surface area contributed by atoms with E-state index in [0.29, 0.717) is 23.7 Å². The van der Waals surface area contributed by atoms with Crippen molar-refractivity contribution in [3.05, 3.63) is 84.4 Å².